The van der Waals surface area contributed by atoms with Crippen LogP contribution in [0.1, 0.15) is 18.5 Å². The molecule has 1 aromatic carbocycles. The van der Waals surface area contributed by atoms with Crippen molar-refractivity contribution in [2.75, 3.05) is 6.54 Å². The zero-order valence-corrected chi connectivity index (χ0v) is 12.1. The Labute approximate surface area is 127 Å². The molecule has 0 saturated heterocycles. The minimum Gasteiger partial charge on any atom is -0.480 e. The van der Waals surface area contributed by atoms with E-state index in [1.54, 1.807) is 18.4 Å². The monoisotopic (exact) mass is 306 g/mol. The average molecular weight is 307 g/mol. The van der Waals surface area contributed by atoms with Crippen molar-refractivity contribution in [3.63, 3.8) is 0 Å². The van der Waals surface area contributed by atoms with Crippen LogP contribution in [-0.2, 0) is 11.3 Å². The molecule has 1 N–H and O–H groups in total. The fourth-order valence-corrected chi connectivity index (χ4v) is 2.37. The SMILES string of the molecule is O=C(O)CN(Cc1coc(-c2ccc(Cl)cc2)n1)C1CC1. The Morgan fingerprint density at radius 1 is 1.38 bits per heavy atom. The molecule has 2 aromatic rings. The normalized spacial score (nSPS) is 14.6. The molecule has 1 heterocycles. The molecular formula is C15H15ClN2O3. The maximum absolute atomic E-state index is 10.9. The molecule has 1 aliphatic rings. The van der Waals surface area contributed by atoms with Gasteiger partial charge in [0.05, 0.1) is 12.2 Å². The van der Waals surface area contributed by atoms with Gasteiger partial charge in [-0.25, -0.2) is 4.98 Å². The van der Waals surface area contributed by atoms with Gasteiger partial charge in [-0.2, -0.15) is 0 Å². The number of nitrogens with zero attached hydrogens (tertiary/aromatic N) is 2. The summed E-state index contributed by atoms with van der Waals surface area (Å²) in [5.41, 5.74) is 1.59. The molecule has 0 spiro atoms. The van der Waals surface area contributed by atoms with E-state index in [9.17, 15) is 4.79 Å². The van der Waals surface area contributed by atoms with E-state index >= 15 is 0 Å². The van der Waals surface area contributed by atoms with Crippen molar-refractivity contribution in [2.24, 2.45) is 0 Å². The largest absolute Gasteiger partial charge is 0.480 e. The summed E-state index contributed by atoms with van der Waals surface area (Å²) in [6.07, 6.45) is 3.69. The molecule has 0 radical (unpaired) electrons. The number of rotatable bonds is 6. The van der Waals surface area contributed by atoms with Crippen LogP contribution >= 0.6 is 11.6 Å². The van der Waals surface area contributed by atoms with Gasteiger partial charge in [0.15, 0.2) is 0 Å². The van der Waals surface area contributed by atoms with Crippen molar-refractivity contribution in [1.29, 1.82) is 0 Å². The lowest BCUT2D eigenvalue weighted by atomic mass is 10.2. The molecule has 110 valence electrons. The molecule has 0 aliphatic heterocycles. The molecule has 0 atom stereocenters. The van der Waals surface area contributed by atoms with Crippen molar-refractivity contribution in [2.45, 2.75) is 25.4 Å². The van der Waals surface area contributed by atoms with E-state index < -0.39 is 5.97 Å². The summed E-state index contributed by atoms with van der Waals surface area (Å²) in [5.74, 6) is -0.295. The minimum atomic E-state index is -0.816. The number of aromatic nitrogens is 1. The lowest BCUT2D eigenvalue weighted by Crippen LogP contribution is -2.31. The second-order valence-electron chi connectivity index (χ2n) is 5.18. The Kier molecular flexibility index (Phi) is 3.94. The first kappa shape index (κ1) is 14.1. The first-order valence-corrected chi connectivity index (χ1v) is 7.16. The van der Waals surface area contributed by atoms with Crippen LogP contribution < -0.4 is 0 Å². The van der Waals surface area contributed by atoms with E-state index in [0.29, 0.717) is 23.5 Å². The van der Waals surface area contributed by atoms with Crippen LogP contribution in [0, 0.1) is 0 Å². The first-order chi connectivity index (χ1) is 10.1. The molecule has 1 aromatic heterocycles. The van der Waals surface area contributed by atoms with Gasteiger partial charge >= 0.3 is 5.97 Å². The Hall–Kier alpha value is -1.85. The second kappa shape index (κ2) is 5.87. The maximum atomic E-state index is 10.9. The molecule has 5 nitrogen and oxygen atoms in total. The predicted octanol–water partition coefficient (Wildman–Crippen LogP) is 3.04. The predicted molar refractivity (Wildman–Crippen MR) is 78.0 cm³/mol. The second-order valence-corrected chi connectivity index (χ2v) is 5.62. The average Bonchev–Trinajstić information content (AvgIpc) is 3.19. The topological polar surface area (TPSA) is 66.6 Å². The third-order valence-corrected chi connectivity index (χ3v) is 3.66. The van der Waals surface area contributed by atoms with Crippen LogP contribution in [0.2, 0.25) is 5.02 Å². The van der Waals surface area contributed by atoms with Crippen LogP contribution in [0.25, 0.3) is 11.5 Å². The van der Waals surface area contributed by atoms with Crippen LogP contribution in [0.4, 0.5) is 0 Å². The van der Waals surface area contributed by atoms with Gasteiger partial charge in [0.25, 0.3) is 0 Å². The maximum Gasteiger partial charge on any atom is 0.317 e. The van der Waals surface area contributed by atoms with Crippen molar-refractivity contribution >= 4 is 17.6 Å². The number of carbonyl (C=O) groups is 1. The van der Waals surface area contributed by atoms with Gasteiger partial charge in [-0.3, -0.25) is 9.69 Å². The number of carboxylic acids is 1. The van der Waals surface area contributed by atoms with Crippen LogP contribution in [0.5, 0.6) is 0 Å². The smallest absolute Gasteiger partial charge is 0.317 e. The minimum absolute atomic E-state index is 0.0355. The number of hydrogen-bond donors (Lipinski definition) is 1. The fourth-order valence-electron chi connectivity index (χ4n) is 2.24. The number of benzene rings is 1. The highest BCUT2D eigenvalue weighted by Crippen LogP contribution is 2.28. The summed E-state index contributed by atoms with van der Waals surface area (Å²) in [6.45, 7) is 0.530. The number of oxazole rings is 1. The third-order valence-electron chi connectivity index (χ3n) is 3.41. The lowest BCUT2D eigenvalue weighted by Gasteiger charge is -2.17. The van der Waals surface area contributed by atoms with Crippen LogP contribution in [-0.4, -0.2) is 33.5 Å². The number of carboxylic acid groups (broad SMARTS) is 1. The van der Waals surface area contributed by atoms with Gasteiger partial charge in [-0.05, 0) is 37.1 Å². The fraction of sp³-hybridized carbons (Fsp3) is 0.333. The van der Waals surface area contributed by atoms with E-state index in [4.69, 9.17) is 21.1 Å². The highest BCUT2D eigenvalue weighted by molar-refractivity contribution is 6.30. The number of halogens is 1. The zero-order valence-electron chi connectivity index (χ0n) is 11.3. The summed E-state index contributed by atoms with van der Waals surface area (Å²) >= 11 is 5.85. The van der Waals surface area contributed by atoms with Crippen molar-refractivity contribution in [3.05, 3.63) is 41.2 Å². The van der Waals surface area contributed by atoms with E-state index in [1.807, 2.05) is 17.0 Å². The summed E-state index contributed by atoms with van der Waals surface area (Å²) in [7, 11) is 0. The van der Waals surface area contributed by atoms with E-state index in [-0.39, 0.29) is 6.54 Å². The summed E-state index contributed by atoms with van der Waals surface area (Å²) in [5, 5.41) is 9.61. The Balaban J connectivity index is 1.72. The molecule has 1 aliphatic carbocycles. The van der Waals surface area contributed by atoms with E-state index in [1.165, 1.54) is 0 Å². The molecule has 3 rings (SSSR count). The van der Waals surface area contributed by atoms with E-state index in [2.05, 4.69) is 4.98 Å². The number of hydrogen-bond acceptors (Lipinski definition) is 4. The highest BCUT2D eigenvalue weighted by Gasteiger charge is 2.30. The van der Waals surface area contributed by atoms with Crippen molar-refractivity contribution in [1.82, 2.24) is 9.88 Å². The van der Waals surface area contributed by atoms with Gasteiger partial charge < -0.3 is 9.52 Å². The van der Waals surface area contributed by atoms with Gasteiger partial charge in [-0.15, -0.1) is 0 Å². The van der Waals surface area contributed by atoms with Crippen LogP contribution in [0.3, 0.4) is 0 Å². The molecule has 6 heteroatoms. The molecule has 0 unspecified atom stereocenters. The molecule has 1 saturated carbocycles. The standard InChI is InChI=1S/C15H15ClN2O3/c16-11-3-1-10(2-4-11)15-17-12(9-21-15)7-18(8-14(19)20)13-5-6-13/h1-4,9,13H,5-8H2,(H,19,20). The highest BCUT2D eigenvalue weighted by atomic mass is 35.5. The third kappa shape index (κ3) is 3.62. The Morgan fingerprint density at radius 3 is 2.71 bits per heavy atom. The molecule has 0 bridgehead atoms. The van der Waals surface area contributed by atoms with Crippen LogP contribution in [0.15, 0.2) is 34.9 Å². The van der Waals surface area contributed by atoms with Gasteiger partial charge in [0.2, 0.25) is 5.89 Å². The van der Waals surface area contributed by atoms with Gasteiger partial charge in [0, 0.05) is 23.2 Å². The molecule has 21 heavy (non-hydrogen) atoms. The van der Waals surface area contributed by atoms with Crippen molar-refractivity contribution < 1.29 is 14.3 Å². The summed E-state index contributed by atoms with van der Waals surface area (Å²) in [4.78, 5) is 17.2. The van der Waals surface area contributed by atoms with E-state index in [0.717, 1.165) is 24.1 Å². The molecule has 0 amide bonds. The van der Waals surface area contributed by atoms with Crippen molar-refractivity contribution in [3.8, 4) is 11.5 Å². The Morgan fingerprint density at radius 2 is 2.10 bits per heavy atom. The lowest BCUT2D eigenvalue weighted by molar-refractivity contribution is -0.138. The zero-order chi connectivity index (χ0) is 14.8. The summed E-state index contributed by atoms with van der Waals surface area (Å²) < 4.78 is 5.47. The quantitative estimate of drug-likeness (QED) is 0.888. The molecule has 1 fully saturated rings. The molecular weight excluding hydrogens is 292 g/mol. The summed E-state index contributed by atoms with van der Waals surface area (Å²) in [6, 6.07) is 7.60. The van der Waals surface area contributed by atoms with Gasteiger partial charge in [0.1, 0.15) is 6.26 Å². The number of aliphatic carboxylic acids is 1. The van der Waals surface area contributed by atoms with Gasteiger partial charge in [-0.1, -0.05) is 11.6 Å². The Bertz CT molecular complexity index is 635. The first-order valence-electron chi connectivity index (χ1n) is 6.78.